The molecule has 1 saturated carbocycles. The second-order valence-electron chi connectivity index (χ2n) is 9.84. The van der Waals surface area contributed by atoms with Crippen molar-refractivity contribution >= 4 is 24.2 Å². The van der Waals surface area contributed by atoms with E-state index in [1.807, 2.05) is 30.3 Å². The summed E-state index contributed by atoms with van der Waals surface area (Å²) in [7, 11) is 1.67. The predicted molar refractivity (Wildman–Crippen MR) is 146 cm³/mol. The van der Waals surface area contributed by atoms with Crippen LogP contribution in [0.5, 0.6) is 5.75 Å². The van der Waals surface area contributed by atoms with Gasteiger partial charge in [0.25, 0.3) is 0 Å². The molecule has 2 aromatic carbocycles. The van der Waals surface area contributed by atoms with E-state index in [4.69, 9.17) is 4.74 Å². The summed E-state index contributed by atoms with van der Waals surface area (Å²) in [5.74, 6) is 1.15. The van der Waals surface area contributed by atoms with Crippen LogP contribution in [0.1, 0.15) is 68.5 Å². The molecule has 2 N–H and O–H groups in total. The fourth-order valence-electron chi connectivity index (χ4n) is 5.58. The molecule has 1 aliphatic heterocycles. The number of carbonyl (C=O) groups excluding carboxylic acids is 2. The zero-order valence-electron chi connectivity index (χ0n) is 21.3. The Hall–Kier alpha value is -2.57. The van der Waals surface area contributed by atoms with Crippen LogP contribution in [0.4, 0.5) is 0 Å². The Morgan fingerprint density at radius 1 is 0.917 bits per heavy atom. The van der Waals surface area contributed by atoms with Crippen LogP contribution in [0.25, 0.3) is 0 Å². The molecule has 196 valence electrons. The largest absolute Gasteiger partial charge is 0.497 e. The number of amides is 2. The van der Waals surface area contributed by atoms with Gasteiger partial charge in [-0.25, -0.2) is 0 Å². The van der Waals surface area contributed by atoms with Crippen LogP contribution in [0.3, 0.4) is 0 Å². The normalized spacial score (nSPS) is 21.2. The quantitative estimate of drug-likeness (QED) is 0.617. The molecule has 1 heterocycles. The minimum Gasteiger partial charge on any atom is -0.497 e. The van der Waals surface area contributed by atoms with E-state index in [0.29, 0.717) is 13.0 Å². The Morgan fingerprint density at radius 2 is 1.61 bits per heavy atom. The van der Waals surface area contributed by atoms with E-state index in [-0.39, 0.29) is 30.3 Å². The van der Waals surface area contributed by atoms with Crippen molar-refractivity contribution in [3.05, 3.63) is 65.7 Å². The molecule has 4 rings (SSSR count). The summed E-state index contributed by atoms with van der Waals surface area (Å²) < 4.78 is 5.35. The van der Waals surface area contributed by atoms with Crippen LogP contribution in [0.2, 0.25) is 0 Å². The van der Waals surface area contributed by atoms with E-state index in [9.17, 15) is 9.59 Å². The average Bonchev–Trinajstić information content (AvgIpc) is 3.40. The maximum Gasteiger partial charge on any atom is 0.233 e. The zero-order valence-corrected chi connectivity index (χ0v) is 22.2. The number of halogens is 1. The molecule has 1 unspecified atom stereocenters. The van der Waals surface area contributed by atoms with Gasteiger partial charge in [-0.1, -0.05) is 55.3 Å². The highest BCUT2D eigenvalue weighted by Gasteiger charge is 2.44. The molecule has 2 fully saturated rings. The van der Waals surface area contributed by atoms with Crippen LogP contribution >= 0.6 is 12.4 Å². The first-order chi connectivity index (χ1) is 17.1. The molecule has 7 heteroatoms. The van der Waals surface area contributed by atoms with E-state index in [1.54, 1.807) is 7.11 Å². The van der Waals surface area contributed by atoms with Gasteiger partial charge < -0.3 is 20.3 Å². The van der Waals surface area contributed by atoms with E-state index < -0.39 is 5.41 Å². The lowest BCUT2D eigenvalue weighted by molar-refractivity contribution is -0.137. The van der Waals surface area contributed by atoms with Gasteiger partial charge in [0.15, 0.2) is 0 Å². The minimum absolute atomic E-state index is 0. The highest BCUT2D eigenvalue weighted by atomic mass is 35.5. The predicted octanol–water partition coefficient (Wildman–Crippen LogP) is 4.78. The fraction of sp³-hybridized carbons (Fsp3) is 0.517. The number of carbonyl (C=O) groups is 2. The Bertz CT molecular complexity index is 961. The third-order valence-corrected chi connectivity index (χ3v) is 7.56. The third-order valence-electron chi connectivity index (χ3n) is 7.56. The molecule has 0 aromatic heterocycles. The second-order valence-corrected chi connectivity index (χ2v) is 9.84. The van der Waals surface area contributed by atoms with Crippen LogP contribution in [0, 0.1) is 0 Å². The minimum atomic E-state index is -0.436. The molecule has 1 saturated heterocycles. The number of hydrogen-bond donors (Lipinski definition) is 2. The molecule has 2 amide bonds. The molecule has 1 aliphatic carbocycles. The lowest BCUT2D eigenvalue weighted by Gasteiger charge is -2.35. The number of ether oxygens (including phenoxy) is 1. The Kier molecular flexibility index (Phi) is 10.6. The molecule has 36 heavy (non-hydrogen) atoms. The summed E-state index contributed by atoms with van der Waals surface area (Å²) in [6.45, 7) is 2.86. The summed E-state index contributed by atoms with van der Waals surface area (Å²) in [6, 6.07) is 18.2. The van der Waals surface area contributed by atoms with Crippen molar-refractivity contribution in [1.82, 2.24) is 15.5 Å². The molecule has 0 bridgehead atoms. The van der Waals surface area contributed by atoms with E-state index in [2.05, 4.69) is 39.8 Å². The first kappa shape index (κ1) is 28.0. The summed E-state index contributed by atoms with van der Waals surface area (Å²) >= 11 is 0. The summed E-state index contributed by atoms with van der Waals surface area (Å²) in [4.78, 5) is 28.7. The van der Waals surface area contributed by atoms with Crippen LogP contribution in [-0.2, 0) is 15.0 Å². The van der Waals surface area contributed by atoms with Gasteiger partial charge in [0.2, 0.25) is 11.8 Å². The zero-order chi connectivity index (χ0) is 24.5. The summed E-state index contributed by atoms with van der Waals surface area (Å²) in [6.07, 6.45) is 7.01. The van der Waals surface area contributed by atoms with Crippen molar-refractivity contribution < 1.29 is 14.3 Å². The van der Waals surface area contributed by atoms with E-state index in [1.165, 1.54) is 0 Å². The smallest absolute Gasteiger partial charge is 0.233 e. The van der Waals surface area contributed by atoms with Gasteiger partial charge >= 0.3 is 0 Å². The topological polar surface area (TPSA) is 70.7 Å². The van der Waals surface area contributed by atoms with E-state index in [0.717, 1.165) is 81.5 Å². The molecule has 2 aromatic rings. The van der Waals surface area contributed by atoms with Crippen LogP contribution < -0.4 is 15.4 Å². The highest BCUT2D eigenvalue weighted by molar-refractivity contribution is 5.88. The Labute approximate surface area is 221 Å². The van der Waals surface area contributed by atoms with Crippen molar-refractivity contribution in [2.75, 3.05) is 33.3 Å². The van der Waals surface area contributed by atoms with Gasteiger partial charge in [-0.15, -0.1) is 12.4 Å². The highest BCUT2D eigenvalue weighted by Crippen LogP contribution is 2.43. The van der Waals surface area contributed by atoms with Crippen molar-refractivity contribution in [1.29, 1.82) is 0 Å². The number of nitrogens with one attached hydrogen (secondary N) is 2. The number of hydrogen-bond acceptors (Lipinski definition) is 4. The molecule has 6 nitrogen and oxygen atoms in total. The van der Waals surface area contributed by atoms with Gasteiger partial charge in [0, 0.05) is 32.1 Å². The Balaban J connectivity index is 0.00000361. The molecular weight excluding hydrogens is 474 g/mol. The molecule has 0 spiro atoms. The standard InChI is InChI=1S/C29H39N3O3.ClH/c1-35-25-14-12-24(13-15-25)29(16-5-6-17-29)28(34)32-20-8-7-18-31-27(33)22-26(30-19-9-21-32)23-10-3-2-4-11-23;/h2-4,10-15,26,30H,5-9,16-22H2,1H3,(H,31,33);1H. The van der Waals surface area contributed by atoms with Crippen molar-refractivity contribution in [3.63, 3.8) is 0 Å². The molecule has 2 aliphatic rings. The summed E-state index contributed by atoms with van der Waals surface area (Å²) in [5, 5.41) is 6.64. The third kappa shape index (κ3) is 6.80. The summed E-state index contributed by atoms with van der Waals surface area (Å²) in [5.41, 5.74) is 1.79. The first-order valence-electron chi connectivity index (χ1n) is 13.1. The monoisotopic (exact) mass is 513 g/mol. The van der Waals surface area contributed by atoms with Crippen molar-refractivity contribution in [3.8, 4) is 5.75 Å². The van der Waals surface area contributed by atoms with Gasteiger partial charge in [0.05, 0.1) is 12.5 Å². The molecular formula is C29H40ClN3O3. The van der Waals surface area contributed by atoms with Crippen molar-refractivity contribution in [2.45, 2.75) is 62.8 Å². The number of rotatable bonds is 4. The van der Waals surface area contributed by atoms with E-state index >= 15 is 0 Å². The van der Waals surface area contributed by atoms with Crippen LogP contribution in [0.15, 0.2) is 54.6 Å². The SMILES string of the molecule is COc1ccc(C2(C(=O)N3CCCCNC(=O)CC(c4ccccc4)NCCC3)CCCC2)cc1.Cl. The number of benzene rings is 2. The van der Waals surface area contributed by atoms with Crippen LogP contribution in [-0.4, -0.2) is 50.0 Å². The maximum absolute atomic E-state index is 14.1. The average molecular weight is 514 g/mol. The lowest BCUT2D eigenvalue weighted by Crippen LogP contribution is -2.46. The fourth-order valence-corrected chi connectivity index (χ4v) is 5.58. The number of methoxy groups -OCH3 is 1. The van der Waals surface area contributed by atoms with Gasteiger partial charge in [-0.3, -0.25) is 9.59 Å². The van der Waals surface area contributed by atoms with Crippen molar-refractivity contribution in [2.24, 2.45) is 0 Å². The first-order valence-corrected chi connectivity index (χ1v) is 13.1. The molecule has 0 radical (unpaired) electrons. The Morgan fingerprint density at radius 3 is 2.31 bits per heavy atom. The van der Waals surface area contributed by atoms with Gasteiger partial charge in [-0.2, -0.15) is 0 Å². The maximum atomic E-state index is 14.1. The van der Waals surface area contributed by atoms with Gasteiger partial charge in [-0.05, 0) is 61.9 Å². The second kappa shape index (κ2) is 13.7. The number of nitrogens with zero attached hydrogens (tertiary/aromatic N) is 1. The lowest BCUT2D eigenvalue weighted by atomic mass is 9.77. The van der Waals surface area contributed by atoms with Gasteiger partial charge in [0.1, 0.15) is 5.75 Å². The molecule has 1 atom stereocenters.